The average molecular weight is 407 g/mol. The average Bonchev–Trinajstić information content (AvgIpc) is 2.43. The van der Waals surface area contributed by atoms with E-state index in [4.69, 9.17) is 0 Å². The molecule has 0 N–H and O–H groups in total. The van der Waals surface area contributed by atoms with E-state index >= 15 is 0 Å². The molecule has 0 aliphatic rings. The molecular weight excluding hydrogens is 357 g/mol. The minimum atomic E-state index is 0.164. The summed E-state index contributed by atoms with van der Waals surface area (Å²) in [6, 6.07) is 0. The molecule has 0 radical (unpaired) electrons. The molecule has 0 nitrogen and oxygen atoms in total. The molecule has 0 saturated heterocycles. The SMILES string of the molecule is CC(C)P(CC(CP(C(C)C)C(C)C)CP(C(C)C)C(C)C)C(C)C. The summed E-state index contributed by atoms with van der Waals surface area (Å²) < 4.78 is 0. The van der Waals surface area contributed by atoms with Gasteiger partial charge in [-0.15, -0.1) is 23.8 Å². The van der Waals surface area contributed by atoms with Crippen LogP contribution >= 0.6 is 23.8 Å². The van der Waals surface area contributed by atoms with Crippen molar-refractivity contribution in [1.29, 1.82) is 0 Å². The second kappa shape index (κ2) is 12.7. The minimum Gasteiger partial charge on any atom is -0.101 e. The fraction of sp³-hybridized carbons (Fsp3) is 1.00. The summed E-state index contributed by atoms with van der Waals surface area (Å²) in [5, 5.41) is 0. The summed E-state index contributed by atoms with van der Waals surface area (Å²) in [5.74, 6) is 0.975. The fourth-order valence-electron chi connectivity index (χ4n) is 4.12. The maximum atomic E-state index is 2.48. The molecule has 0 fully saturated rings. The third kappa shape index (κ3) is 9.87. The van der Waals surface area contributed by atoms with E-state index in [0.29, 0.717) is 0 Å². The molecule has 0 bridgehead atoms. The molecule has 3 heteroatoms. The summed E-state index contributed by atoms with van der Waals surface area (Å²) in [4.78, 5) is 0. The Labute approximate surface area is 165 Å². The molecule has 0 aliphatic carbocycles. The van der Waals surface area contributed by atoms with Gasteiger partial charge in [0.25, 0.3) is 0 Å². The number of hydrogen-bond donors (Lipinski definition) is 0. The van der Waals surface area contributed by atoms with Crippen molar-refractivity contribution < 1.29 is 0 Å². The van der Waals surface area contributed by atoms with Crippen molar-refractivity contribution in [3.8, 4) is 0 Å². The van der Waals surface area contributed by atoms with E-state index in [1.165, 1.54) is 18.5 Å². The standard InChI is InChI=1S/C22H49P3/c1-16(2)23(17(3)4)13-22(14-24(18(5)6)19(7)8)15-25(20(9)10)21(11)12/h16-22H,13-15H2,1-12H3. The second-order valence-corrected chi connectivity index (χ2v) is 19.9. The van der Waals surface area contributed by atoms with Gasteiger partial charge in [-0.3, -0.25) is 0 Å². The molecule has 0 spiro atoms. The highest BCUT2D eigenvalue weighted by Gasteiger charge is 2.29. The molecule has 152 valence electrons. The second-order valence-electron chi connectivity index (χ2n) is 9.52. The van der Waals surface area contributed by atoms with Crippen LogP contribution < -0.4 is 0 Å². The van der Waals surface area contributed by atoms with E-state index in [1.807, 2.05) is 0 Å². The predicted octanol–water partition coefficient (Wildman–Crippen LogP) is 8.50. The van der Waals surface area contributed by atoms with Crippen LogP contribution in [0.5, 0.6) is 0 Å². The van der Waals surface area contributed by atoms with Gasteiger partial charge < -0.3 is 0 Å². The summed E-state index contributed by atoms with van der Waals surface area (Å²) in [7, 11) is 0.493. The first-order valence-corrected chi connectivity index (χ1v) is 15.6. The smallest absolute Gasteiger partial charge is 0.0264 e. The molecule has 0 aliphatic heterocycles. The van der Waals surface area contributed by atoms with Crippen molar-refractivity contribution in [3.05, 3.63) is 0 Å². The van der Waals surface area contributed by atoms with Gasteiger partial charge in [-0.05, 0) is 58.4 Å². The van der Waals surface area contributed by atoms with Gasteiger partial charge in [-0.25, -0.2) is 0 Å². The Balaban J connectivity index is 5.40. The maximum Gasteiger partial charge on any atom is -0.0264 e. The monoisotopic (exact) mass is 406 g/mol. The molecule has 0 aromatic rings. The van der Waals surface area contributed by atoms with Crippen LogP contribution in [0.15, 0.2) is 0 Å². The van der Waals surface area contributed by atoms with Crippen LogP contribution in [0.1, 0.15) is 83.1 Å². The van der Waals surface area contributed by atoms with E-state index < -0.39 is 0 Å². The normalized spacial score (nSPS) is 13.7. The highest BCUT2D eigenvalue weighted by atomic mass is 31.1. The van der Waals surface area contributed by atoms with Crippen LogP contribution in [0.3, 0.4) is 0 Å². The molecular formula is C22H49P3. The van der Waals surface area contributed by atoms with Crippen molar-refractivity contribution in [2.24, 2.45) is 5.92 Å². The highest BCUT2D eigenvalue weighted by Crippen LogP contribution is 2.56. The lowest BCUT2D eigenvalue weighted by atomic mass is 10.3. The van der Waals surface area contributed by atoms with Crippen molar-refractivity contribution in [1.82, 2.24) is 0 Å². The van der Waals surface area contributed by atoms with Crippen LogP contribution in [0.2, 0.25) is 0 Å². The van der Waals surface area contributed by atoms with Gasteiger partial charge in [0, 0.05) is 0 Å². The van der Waals surface area contributed by atoms with Crippen molar-refractivity contribution >= 4 is 23.8 Å². The fourth-order valence-corrected chi connectivity index (χ4v) is 13.4. The van der Waals surface area contributed by atoms with Gasteiger partial charge in [0.2, 0.25) is 0 Å². The first kappa shape index (κ1) is 26.3. The zero-order valence-corrected chi connectivity index (χ0v) is 22.2. The summed E-state index contributed by atoms with van der Waals surface area (Å²) in [6.07, 6.45) is 4.59. The Hall–Kier alpha value is 1.29. The lowest BCUT2D eigenvalue weighted by Crippen LogP contribution is -2.24. The molecule has 0 amide bonds. The maximum absolute atomic E-state index is 2.48. The van der Waals surface area contributed by atoms with E-state index in [9.17, 15) is 0 Å². The van der Waals surface area contributed by atoms with Crippen LogP contribution in [0.4, 0.5) is 0 Å². The molecule has 0 aromatic heterocycles. The van der Waals surface area contributed by atoms with Gasteiger partial charge >= 0.3 is 0 Å². The zero-order valence-electron chi connectivity index (χ0n) is 19.5. The molecule has 0 saturated carbocycles. The Morgan fingerprint density at radius 2 is 0.520 bits per heavy atom. The van der Waals surface area contributed by atoms with E-state index in [2.05, 4.69) is 83.1 Å². The molecule has 0 rings (SSSR count). The zero-order chi connectivity index (χ0) is 19.9. The molecule has 0 unspecified atom stereocenters. The van der Waals surface area contributed by atoms with Gasteiger partial charge in [0.1, 0.15) is 0 Å². The predicted molar refractivity (Wildman–Crippen MR) is 130 cm³/mol. The van der Waals surface area contributed by atoms with Gasteiger partial charge in [0.05, 0.1) is 0 Å². The van der Waals surface area contributed by atoms with Crippen molar-refractivity contribution in [2.45, 2.75) is 117 Å². The summed E-state index contributed by atoms with van der Waals surface area (Å²) in [5.41, 5.74) is 5.28. The highest BCUT2D eigenvalue weighted by molar-refractivity contribution is 7.61. The van der Waals surface area contributed by atoms with Crippen LogP contribution in [0, 0.1) is 5.92 Å². The number of hydrogen-bond acceptors (Lipinski definition) is 0. The first-order valence-electron chi connectivity index (χ1n) is 10.7. The molecule has 0 aromatic carbocycles. The van der Waals surface area contributed by atoms with Gasteiger partial charge in [-0.2, -0.15) is 0 Å². The lowest BCUT2D eigenvalue weighted by molar-refractivity contribution is 0.733. The summed E-state index contributed by atoms with van der Waals surface area (Å²) in [6.45, 7) is 29.7. The minimum absolute atomic E-state index is 0.164. The topological polar surface area (TPSA) is 0 Å². The van der Waals surface area contributed by atoms with Crippen molar-refractivity contribution in [2.75, 3.05) is 18.5 Å². The summed E-state index contributed by atoms with van der Waals surface area (Å²) >= 11 is 0. The third-order valence-electron chi connectivity index (χ3n) is 5.39. The number of rotatable bonds is 12. The Bertz CT molecular complexity index is 258. The molecule has 0 heterocycles. The molecule has 25 heavy (non-hydrogen) atoms. The van der Waals surface area contributed by atoms with Crippen LogP contribution in [-0.2, 0) is 0 Å². The van der Waals surface area contributed by atoms with Crippen molar-refractivity contribution in [3.63, 3.8) is 0 Å². The lowest BCUT2D eigenvalue weighted by Gasteiger charge is -2.38. The first-order chi connectivity index (χ1) is 11.4. The van der Waals surface area contributed by atoms with Gasteiger partial charge in [0.15, 0.2) is 0 Å². The third-order valence-corrected chi connectivity index (χ3v) is 16.2. The quantitative estimate of drug-likeness (QED) is 0.285. The largest absolute Gasteiger partial charge is 0.101 e. The van der Waals surface area contributed by atoms with Gasteiger partial charge in [-0.1, -0.05) is 83.1 Å². The Kier molecular flexibility index (Phi) is 13.3. The van der Waals surface area contributed by atoms with E-state index in [0.717, 1.165) is 39.9 Å². The van der Waals surface area contributed by atoms with E-state index in [-0.39, 0.29) is 23.8 Å². The van der Waals surface area contributed by atoms with Crippen LogP contribution in [0.25, 0.3) is 0 Å². The Morgan fingerprint density at radius 3 is 0.640 bits per heavy atom. The Morgan fingerprint density at radius 1 is 0.360 bits per heavy atom. The van der Waals surface area contributed by atoms with E-state index in [1.54, 1.807) is 0 Å². The molecule has 0 atom stereocenters. The van der Waals surface area contributed by atoms with Crippen LogP contribution in [-0.4, -0.2) is 52.4 Å².